The minimum absolute atomic E-state index is 0.0437. The van der Waals surface area contributed by atoms with Crippen LogP contribution in [0.5, 0.6) is 0 Å². The van der Waals surface area contributed by atoms with Gasteiger partial charge < -0.3 is 9.47 Å². The molecule has 0 spiro atoms. The molecule has 2 heterocycles. The van der Waals surface area contributed by atoms with E-state index >= 15 is 0 Å². The summed E-state index contributed by atoms with van der Waals surface area (Å²) < 4.78 is 27.7. The predicted molar refractivity (Wildman–Crippen MR) is 116 cm³/mol. The fraction of sp³-hybridized carbons (Fsp3) is 0.474. The summed E-state index contributed by atoms with van der Waals surface area (Å²) >= 11 is 12.5. The van der Waals surface area contributed by atoms with Crippen LogP contribution in [-0.2, 0) is 27.4 Å². The van der Waals surface area contributed by atoms with Gasteiger partial charge in [-0.1, -0.05) is 23.8 Å². The molecule has 162 valence electrons. The van der Waals surface area contributed by atoms with Crippen LogP contribution in [0, 0.1) is 5.82 Å². The second kappa shape index (κ2) is 10.4. The number of thiocarbonyl (C=S) groups is 1. The van der Waals surface area contributed by atoms with E-state index in [1.54, 1.807) is 9.36 Å². The second-order valence-electron chi connectivity index (χ2n) is 6.64. The summed E-state index contributed by atoms with van der Waals surface area (Å²) in [6.07, 6.45) is 2.17. The van der Waals surface area contributed by atoms with Crippen molar-refractivity contribution >= 4 is 51.7 Å². The van der Waals surface area contributed by atoms with Gasteiger partial charge in [0.2, 0.25) is 4.80 Å². The third kappa shape index (κ3) is 5.42. The molecule has 0 amide bonds. The highest BCUT2D eigenvalue weighted by atomic mass is 35.5. The Kier molecular flexibility index (Phi) is 7.93. The van der Waals surface area contributed by atoms with Gasteiger partial charge in [0.05, 0.1) is 18.1 Å². The maximum absolute atomic E-state index is 14.5. The Morgan fingerprint density at radius 2 is 2.00 bits per heavy atom. The molecule has 11 heteroatoms. The van der Waals surface area contributed by atoms with Gasteiger partial charge in [0.1, 0.15) is 18.1 Å². The molecule has 1 aromatic heterocycles. The number of hydrogen-bond donors (Lipinski definition) is 0. The highest BCUT2D eigenvalue weighted by molar-refractivity contribution is 7.80. The number of fused-ring (bicyclic) bond motifs is 1. The minimum atomic E-state index is -0.610. The van der Waals surface area contributed by atoms with Crippen LogP contribution in [-0.4, -0.2) is 40.5 Å². The largest absolute Gasteiger partial charge is 0.463 e. The lowest BCUT2D eigenvalue weighted by atomic mass is 10.1. The smallest absolute Gasteiger partial charge is 0.325 e. The van der Waals surface area contributed by atoms with E-state index in [0.29, 0.717) is 34.9 Å². The first-order valence-corrected chi connectivity index (χ1v) is 11.0. The first kappa shape index (κ1) is 22.8. The number of halogens is 2. The standard InChI is InChI=1S/C19H21ClFN3O4S2/c1-27-8-9-28-17(25)5-4-16(29)12-10-15(14(21)11-13(12)20)22-18-23-6-2-3-7-24(23)19(26)30-18/h10-11H,2-9H2,1H3. The Bertz CT molecular complexity index is 1080. The third-order valence-corrected chi connectivity index (χ3v) is 6.16. The number of nitrogens with zero attached hydrogens (tertiary/aromatic N) is 3. The summed E-state index contributed by atoms with van der Waals surface area (Å²) in [6, 6.07) is 2.61. The molecule has 0 radical (unpaired) electrons. The molecule has 1 aromatic carbocycles. The van der Waals surface area contributed by atoms with E-state index in [-0.39, 0.29) is 35.0 Å². The van der Waals surface area contributed by atoms with Crippen molar-refractivity contribution in [1.82, 2.24) is 9.36 Å². The number of aromatic nitrogens is 2. The van der Waals surface area contributed by atoms with E-state index in [4.69, 9.17) is 33.3 Å². The van der Waals surface area contributed by atoms with Crippen molar-refractivity contribution in [2.45, 2.75) is 38.8 Å². The molecular formula is C19H21ClFN3O4S2. The zero-order valence-electron chi connectivity index (χ0n) is 16.4. The van der Waals surface area contributed by atoms with Crippen molar-refractivity contribution in [1.29, 1.82) is 0 Å². The highest BCUT2D eigenvalue weighted by Gasteiger charge is 2.16. The summed E-state index contributed by atoms with van der Waals surface area (Å²) in [4.78, 5) is 29.0. The monoisotopic (exact) mass is 473 g/mol. The van der Waals surface area contributed by atoms with Gasteiger partial charge in [-0.15, -0.1) is 0 Å². The first-order valence-electron chi connectivity index (χ1n) is 9.43. The number of rotatable bonds is 8. The average Bonchev–Trinajstić information content (AvgIpc) is 3.04. The lowest BCUT2D eigenvalue weighted by molar-refractivity contribution is -0.144. The topological polar surface area (TPSA) is 74.8 Å². The van der Waals surface area contributed by atoms with Crippen LogP contribution >= 0.6 is 35.2 Å². The van der Waals surface area contributed by atoms with Crippen molar-refractivity contribution in [3.8, 4) is 0 Å². The van der Waals surface area contributed by atoms with E-state index in [9.17, 15) is 14.0 Å². The van der Waals surface area contributed by atoms with Gasteiger partial charge in [0.15, 0.2) is 0 Å². The van der Waals surface area contributed by atoms with Gasteiger partial charge in [-0.05, 0) is 42.7 Å². The van der Waals surface area contributed by atoms with Crippen molar-refractivity contribution in [3.63, 3.8) is 0 Å². The average molecular weight is 474 g/mol. The molecule has 1 aliphatic heterocycles. The maximum Gasteiger partial charge on any atom is 0.325 e. The van der Waals surface area contributed by atoms with E-state index < -0.39 is 11.8 Å². The Morgan fingerprint density at radius 3 is 2.73 bits per heavy atom. The molecule has 30 heavy (non-hydrogen) atoms. The molecular weight excluding hydrogens is 453 g/mol. The van der Waals surface area contributed by atoms with Crippen LogP contribution in [0.25, 0.3) is 0 Å². The maximum atomic E-state index is 14.5. The van der Waals surface area contributed by atoms with E-state index in [1.807, 2.05) is 0 Å². The van der Waals surface area contributed by atoms with Gasteiger partial charge >= 0.3 is 10.8 Å². The van der Waals surface area contributed by atoms with Crippen molar-refractivity contribution in [2.24, 2.45) is 4.99 Å². The van der Waals surface area contributed by atoms with Crippen LogP contribution < -0.4 is 9.67 Å². The summed E-state index contributed by atoms with van der Waals surface area (Å²) in [6.45, 7) is 1.77. The molecule has 0 aliphatic carbocycles. The Hall–Kier alpha value is -1.88. The molecule has 1 aliphatic rings. The molecule has 0 fully saturated rings. The number of hydrogen-bond acceptors (Lipinski definition) is 7. The Labute approximate surface area is 186 Å². The molecule has 0 saturated carbocycles. The molecule has 0 atom stereocenters. The molecule has 2 aromatic rings. The zero-order chi connectivity index (χ0) is 21.7. The van der Waals surface area contributed by atoms with Gasteiger partial charge in [-0.25, -0.2) is 14.1 Å². The van der Waals surface area contributed by atoms with Gasteiger partial charge in [0.25, 0.3) is 0 Å². The van der Waals surface area contributed by atoms with E-state index in [1.165, 1.54) is 13.2 Å². The fourth-order valence-corrected chi connectivity index (χ4v) is 4.50. The fourth-order valence-electron chi connectivity index (χ4n) is 3.02. The van der Waals surface area contributed by atoms with Crippen LogP contribution in [0.4, 0.5) is 10.1 Å². The van der Waals surface area contributed by atoms with Gasteiger partial charge in [0, 0.05) is 30.6 Å². The molecule has 7 nitrogen and oxygen atoms in total. The number of esters is 1. The summed E-state index contributed by atoms with van der Waals surface area (Å²) in [5.41, 5.74) is 0.476. The molecule has 0 saturated heterocycles. The molecule has 3 rings (SSSR count). The van der Waals surface area contributed by atoms with E-state index in [0.717, 1.165) is 30.2 Å². The quantitative estimate of drug-likeness (QED) is 0.255. The number of carbonyl (C=O) groups excluding carboxylic acids is 1. The third-order valence-electron chi connectivity index (χ3n) is 4.55. The number of benzene rings is 1. The van der Waals surface area contributed by atoms with Crippen LogP contribution in [0.15, 0.2) is 21.9 Å². The van der Waals surface area contributed by atoms with Crippen LogP contribution in [0.2, 0.25) is 5.02 Å². The lowest BCUT2D eigenvalue weighted by Crippen LogP contribution is -2.31. The van der Waals surface area contributed by atoms with Gasteiger partial charge in [-0.3, -0.25) is 14.3 Å². The SMILES string of the molecule is COCCOC(=O)CCC(=S)c1cc(N=c2sc(=O)n3n2CCCC3)c(F)cc1Cl. The van der Waals surface area contributed by atoms with Crippen LogP contribution in [0.1, 0.15) is 31.2 Å². The lowest BCUT2D eigenvalue weighted by Gasteiger charge is -2.15. The summed E-state index contributed by atoms with van der Waals surface area (Å²) in [5, 5.41) is 0.143. The Balaban J connectivity index is 1.82. The molecule has 0 bridgehead atoms. The number of methoxy groups -OCH3 is 1. The highest BCUT2D eigenvalue weighted by Crippen LogP contribution is 2.28. The zero-order valence-corrected chi connectivity index (χ0v) is 18.7. The summed E-state index contributed by atoms with van der Waals surface area (Å²) in [7, 11) is 1.52. The van der Waals surface area contributed by atoms with E-state index in [2.05, 4.69) is 4.99 Å². The molecule has 0 N–H and O–H groups in total. The van der Waals surface area contributed by atoms with Crippen LogP contribution in [0.3, 0.4) is 0 Å². The van der Waals surface area contributed by atoms with Crippen molar-refractivity contribution in [3.05, 3.63) is 43.0 Å². The summed E-state index contributed by atoms with van der Waals surface area (Å²) in [5.74, 6) is -1.01. The minimum Gasteiger partial charge on any atom is -0.463 e. The number of carbonyl (C=O) groups is 1. The molecule has 0 unspecified atom stereocenters. The number of ether oxygens (including phenoxy) is 2. The first-order chi connectivity index (χ1) is 14.4. The van der Waals surface area contributed by atoms with Crippen molar-refractivity contribution < 1.29 is 18.7 Å². The Morgan fingerprint density at radius 1 is 1.27 bits per heavy atom. The second-order valence-corrected chi connectivity index (χ2v) is 8.45. The predicted octanol–water partition coefficient (Wildman–Crippen LogP) is 3.22. The normalized spacial score (nSPS) is 13.9. The van der Waals surface area contributed by atoms with Crippen molar-refractivity contribution in [2.75, 3.05) is 20.3 Å². The van der Waals surface area contributed by atoms with Gasteiger partial charge in [-0.2, -0.15) is 0 Å².